The molecule has 2 aromatic heterocycles. The molecule has 5 N–H and O–H groups in total. The molecule has 0 radical (unpaired) electrons. The molecule has 0 aliphatic rings. The first-order valence-corrected chi connectivity index (χ1v) is 7.52. The molecule has 0 spiro atoms. The van der Waals surface area contributed by atoms with Crippen molar-refractivity contribution in [1.82, 2.24) is 20.3 Å². The van der Waals surface area contributed by atoms with Gasteiger partial charge in [0.1, 0.15) is 11.3 Å². The fourth-order valence-corrected chi connectivity index (χ4v) is 2.54. The molecular weight excluding hydrogens is 298 g/mol. The lowest BCUT2D eigenvalue weighted by Gasteiger charge is -2.31. The number of carbonyl (C=O) groups is 1. The average Bonchev–Trinajstić information content (AvgIpc) is 2.51. The summed E-state index contributed by atoms with van der Waals surface area (Å²) < 4.78 is 0. The highest BCUT2D eigenvalue weighted by atomic mass is 16.2. The minimum atomic E-state index is -0.662. The zero-order valence-electron chi connectivity index (χ0n) is 13.4. The normalized spacial score (nSPS) is 11.7. The van der Waals surface area contributed by atoms with Crippen molar-refractivity contribution >= 4 is 16.9 Å². The number of fused-ring (bicyclic) bond motifs is 1. The number of hydrogen-bond donors (Lipinski definition) is 4. The van der Waals surface area contributed by atoms with Crippen molar-refractivity contribution < 1.29 is 4.79 Å². The maximum Gasteiger partial charge on any atom is 0.327 e. The predicted octanol–water partition coefficient (Wildman–Crippen LogP) is 0.167. The summed E-state index contributed by atoms with van der Waals surface area (Å²) in [7, 11) is 0. The second-order valence-electron chi connectivity index (χ2n) is 5.60. The standard InChI is InChI=1S/C15H21N5O3/c1-4-15(5-2,7-16)20-12(21)9-6-8(3)10-11(17-9)18-14(23)19-13(10)22/h6H,4-5,7,16H2,1-3H3,(H,20,21)(H2,17,18,19,22,23). The molecule has 1 amide bonds. The van der Waals surface area contributed by atoms with Gasteiger partial charge in [-0.15, -0.1) is 0 Å². The summed E-state index contributed by atoms with van der Waals surface area (Å²) in [5, 5.41) is 3.17. The average molecular weight is 319 g/mol. The smallest absolute Gasteiger partial charge is 0.327 e. The van der Waals surface area contributed by atoms with Crippen LogP contribution in [0.2, 0.25) is 0 Å². The van der Waals surface area contributed by atoms with E-state index in [9.17, 15) is 14.4 Å². The maximum absolute atomic E-state index is 12.5. The first kappa shape index (κ1) is 16.9. The van der Waals surface area contributed by atoms with Crippen LogP contribution in [0, 0.1) is 6.92 Å². The molecule has 0 aliphatic carbocycles. The molecule has 2 aromatic rings. The van der Waals surface area contributed by atoms with Crippen molar-refractivity contribution in [2.75, 3.05) is 6.54 Å². The van der Waals surface area contributed by atoms with Crippen molar-refractivity contribution in [3.8, 4) is 0 Å². The molecule has 0 atom stereocenters. The fourth-order valence-electron chi connectivity index (χ4n) is 2.54. The Balaban J connectivity index is 2.50. The molecule has 124 valence electrons. The van der Waals surface area contributed by atoms with Crippen LogP contribution in [0.1, 0.15) is 42.7 Å². The number of hydrogen-bond acceptors (Lipinski definition) is 5. The summed E-state index contributed by atoms with van der Waals surface area (Å²) in [5.41, 5.74) is 4.89. The van der Waals surface area contributed by atoms with Gasteiger partial charge in [-0.1, -0.05) is 13.8 Å². The fraction of sp³-hybridized carbons (Fsp3) is 0.467. The number of amides is 1. The van der Waals surface area contributed by atoms with Crippen molar-refractivity contribution in [2.45, 2.75) is 39.2 Å². The summed E-state index contributed by atoms with van der Waals surface area (Å²) >= 11 is 0. The van der Waals surface area contributed by atoms with E-state index in [2.05, 4.69) is 20.3 Å². The van der Waals surface area contributed by atoms with Gasteiger partial charge in [-0.05, 0) is 31.4 Å². The molecule has 23 heavy (non-hydrogen) atoms. The molecule has 0 bridgehead atoms. The van der Waals surface area contributed by atoms with Gasteiger partial charge in [0.05, 0.1) is 10.9 Å². The van der Waals surface area contributed by atoms with Crippen LogP contribution in [0.4, 0.5) is 0 Å². The lowest BCUT2D eigenvalue weighted by atomic mass is 9.92. The summed E-state index contributed by atoms with van der Waals surface area (Å²) in [6.07, 6.45) is 1.38. The number of nitrogens with two attached hydrogens (primary N) is 1. The minimum absolute atomic E-state index is 0.0928. The van der Waals surface area contributed by atoms with Crippen molar-refractivity contribution in [3.63, 3.8) is 0 Å². The number of pyridine rings is 1. The van der Waals surface area contributed by atoms with E-state index in [1.165, 1.54) is 6.07 Å². The Bertz CT molecular complexity index is 840. The van der Waals surface area contributed by atoms with Gasteiger partial charge in [-0.2, -0.15) is 0 Å². The molecule has 0 saturated heterocycles. The summed E-state index contributed by atoms with van der Waals surface area (Å²) in [4.78, 5) is 44.4. The Kier molecular flexibility index (Phi) is 4.65. The van der Waals surface area contributed by atoms with Crippen LogP contribution in [0.15, 0.2) is 15.7 Å². The third-order valence-corrected chi connectivity index (χ3v) is 4.26. The Morgan fingerprint density at radius 1 is 1.30 bits per heavy atom. The van der Waals surface area contributed by atoms with Crippen LogP contribution in [-0.2, 0) is 0 Å². The van der Waals surface area contributed by atoms with Crippen molar-refractivity contribution in [1.29, 1.82) is 0 Å². The van der Waals surface area contributed by atoms with E-state index in [0.717, 1.165) is 0 Å². The minimum Gasteiger partial charge on any atom is -0.344 e. The number of carbonyl (C=O) groups excluding carboxylic acids is 1. The van der Waals surface area contributed by atoms with E-state index in [4.69, 9.17) is 5.73 Å². The second-order valence-corrected chi connectivity index (χ2v) is 5.60. The van der Waals surface area contributed by atoms with Gasteiger partial charge in [-0.25, -0.2) is 9.78 Å². The monoisotopic (exact) mass is 319 g/mol. The Morgan fingerprint density at radius 3 is 2.52 bits per heavy atom. The number of aromatic amines is 2. The Labute approximate surface area is 132 Å². The topological polar surface area (TPSA) is 134 Å². The van der Waals surface area contributed by atoms with Gasteiger partial charge in [0, 0.05) is 6.54 Å². The Morgan fingerprint density at radius 2 is 1.96 bits per heavy atom. The van der Waals surface area contributed by atoms with Crippen molar-refractivity contribution in [3.05, 3.63) is 38.2 Å². The van der Waals surface area contributed by atoms with Gasteiger partial charge in [0.25, 0.3) is 11.5 Å². The van der Waals surface area contributed by atoms with Gasteiger partial charge < -0.3 is 11.1 Å². The van der Waals surface area contributed by atoms with Gasteiger partial charge in [0.2, 0.25) is 0 Å². The zero-order chi connectivity index (χ0) is 17.2. The lowest BCUT2D eigenvalue weighted by molar-refractivity contribution is 0.0890. The Hall–Kier alpha value is -2.48. The van der Waals surface area contributed by atoms with Gasteiger partial charge in [0.15, 0.2) is 0 Å². The third-order valence-electron chi connectivity index (χ3n) is 4.26. The van der Waals surface area contributed by atoms with Gasteiger partial charge in [-0.3, -0.25) is 19.6 Å². The molecular formula is C15H21N5O3. The van der Waals surface area contributed by atoms with E-state index < -0.39 is 16.8 Å². The van der Waals surface area contributed by atoms with Crippen LogP contribution in [0.5, 0.6) is 0 Å². The first-order valence-electron chi connectivity index (χ1n) is 7.52. The SMILES string of the molecule is CCC(CC)(CN)NC(=O)c1cc(C)c2c(=O)[nH]c(=O)[nH]c2n1. The quantitative estimate of drug-likeness (QED) is 0.623. The highest BCUT2D eigenvalue weighted by molar-refractivity contribution is 5.95. The first-order chi connectivity index (χ1) is 10.9. The van der Waals surface area contributed by atoms with Crippen LogP contribution < -0.4 is 22.3 Å². The highest BCUT2D eigenvalue weighted by Crippen LogP contribution is 2.16. The number of nitrogens with one attached hydrogen (secondary N) is 3. The highest BCUT2D eigenvalue weighted by Gasteiger charge is 2.27. The molecule has 2 rings (SSSR count). The lowest BCUT2D eigenvalue weighted by Crippen LogP contribution is -2.53. The molecule has 0 saturated carbocycles. The van der Waals surface area contributed by atoms with Crippen LogP contribution >= 0.6 is 0 Å². The van der Waals surface area contributed by atoms with E-state index in [1.807, 2.05) is 13.8 Å². The molecule has 8 heteroatoms. The van der Waals surface area contributed by atoms with E-state index in [1.54, 1.807) is 6.92 Å². The number of rotatable bonds is 5. The number of aryl methyl sites for hydroxylation is 1. The molecule has 0 aliphatic heterocycles. The maximum atomic E-state index is 12.5. The van der Waals surface area contributed by atoms with Crippen LogP contribution in [0.3, 0.4) is 0 Å². The van der Waals surface area contributed by atoms with E-state index in [-0.39, 0.29) is 22.6 Å². The predicted molar refractivity (Wildman–Crippen MR) is 87.6 cm³/mol. The third kappa shape index (κ3) is 3.16. The van der Waals surface area contributed by atoms with E-state index >= 15 is 0 Å². The molecule has 0 unspecified atom stereocenters. The molecule has 8 nitrogen and oxygen atoms in total. The second kappa shape index (κ2) is 6.33. The number of H-pyrrole nitrogens is 2. The number of aromatic nitrogens is 3. The zero-order valence-corrected chi connectivity index (χ0v) is 13.4. The summed E-state index contributed by atoms with van der Waals surface area (Å²) in [6, 6.07) is 1.53. The van der Waals surface area contributed by atoms with Crippen LogP contribution in [0.25, 0.3) is 11.0 Å². The largest absolute Gasteiger partial charge is 0.344 e. The van der Waals surface area contributed by atoms with Crippen LogP contribution in [-0.4, -0.2) is 32.9 Å². The van der Waals surface area contributed by atoms with E-state index in [0.29, 0.717) is 24.9 Å². The van der Waals surface area contributed by atoms with Gasteiger partial charge >= 0.3 is 5.69 Å². The molecule has 0 fully saturated rings. The molecule has 2 heterocycles. The summed E-state index contributed by atoms with van der Waals surface area (Å²) in [6.45, 7) is 5.90. The van der Waals surface area contributed by atoms with Crippen molar-refractivity contribution in [2.24, 2.45) is 5.73 Å². The summed E-state index contributed by atoms with van der Waals surface area (Å²) in [5.74, 6) is -0.384. The molecule has 0 aromatic carbocycles. The number of nitrogens with zero attached hydrogens (tertiary/aromatic N) is 1.